The summed E-state index contributed by atoms with van der Waals surface area (Å²) in [5.74, 6) is -1.46. The van der Waals surface area contributed by atoms with Crippen LogP contribution in [0.3, 0.4) is 0 Å². The molecule has 0 bridgehead atoms. The van der Waals surface area contributed by atoms with Gasteiger partial charge in [-0.2, -0.15) is 0 Å². The van der Waals surface area contributed by atoms with Gasteiger partial charge in [-0.05, 0) is 48.4 Å². The number of anilines is 1. The SMILES string of the molecule is COC(=O)C1=C(CN2CCN3C(=O)N(c4ccc(/C=C(\C)C(=O)O)cc4)C[C@@H]3C2)NC(c2nccs2)=N[C@H]1c1ccc(F)cc1Br. The molecule has 14 heteroatoms. The lowest BCUT2D eigenvalue weighted by Crippen LogP contribution is -2.53. The van der Waals surface area contributed by atoms with Crippen molar-refractivity contribution >= 4 is 62.8 Å². The van der Waals surface area contributed by atoms with Gasteiger partial charge in [-0.25, -0.2) is 23.8 Å². The zero-order valence-corrected chi connectivity index (χ0v) is 27.3. The van der Waals surface area contributed by atoms with Gasteiger partial charge in [0.05, 0.1) is 18.7 Å². The predicted molar refractivity (Wildman–Crippen MR) is 175 cm³/mol. The number of nitrogens with zero attached hydrogens (tertiary/aromatic N) is 5. The third-order valence-electron chi connectivity index (χ3n) is 8.17. The molecule has 3 aliphatic heterocycles. The molecule has 3 aliphatic rings. The number of urea groups is 1. The van der Waals surface area contributed by atoms with E-state index in [-0.39, 0.29) is 17.6 Å². The molecule has 2 amide bonds. The Hall–Kier alpha value is -4.40. The van der Waals surface area contributed by atoms with E-state index in [4.69, 9.17) is 14.8 Å². The number of carboxylic acid groups (broad SMARTS) is 1. The number of amidine groups is 1. The number of thiazole rings is 1. The van der Waals surface area contributed by atoms with Crippen molar-refractivity contribution < 1.29 is 28.6 Å². The number of piperazine rings is 1. The highest BCUT2D eigenvalue weighted by atomic mass is 79.9. The molecule has 2 fully saturated rings. The first kappa shape index (κ1) is 31.6. The molecule has 1 aromatic heterocycles. The summed E-state index contributed by atoms with van der Waals surface area (Å²) < 4.78 is 19.7. The van der Waals surface area contributed by atoms with Crippen LogP contribution in [0.1, 0.15) is 29.1 Å². The Morgan fingerprint density at radius 1 is 1.20 bits per heavy atom. The number of esters is 1. The van der Waals surface area contributed by atoms with E-state index in [1.165, 1.54) is 37.5 Å². The highest BCUT2D eigenvalue weighted by Gasteiger charge is 2.42. The number of amides is 2. The van der Waals surface area contributed by atoms with Crippen LogP contribution in [0.2, 0.25) is 0 Å². The van der Waals surface area contributed by atoms with Crippen molar-refractivity contribution in [2.24, 2.45) is 4.99 Å². The maximum Gasteiger partial charge on any atom is 0.338 e. The van der Waals surface area contributed by atoms with E-state index in [1.807, 2.05) is 22.4 Å². The monoisotopic (exact) mass is 708 g/mol. The Kier molecular flexibility index (Phi) is 9.02. The van der Waals surface area contributed by atoms with Crippen LogP contribution in [0.15, 0.2) is 80.3 Å². The molecule has 2 aromatic carbocycles. The van der Waals surface area contributed by atoms with Crippen LogP contribution in [-0.4, -0.2) is 89.6 Å². The summed E-state index contributed by atoms with van der Waals surface area (Å²) in [6.45, 7) is 4.00. The fourth-order valence-electron chi connectivity index (χ4n) is 5.89. The largest absolute Gasteiger partial charge is 0.478 e. The van der Waals surface area contributed by atoms with Crippen molar-refractivity contribution in [3.8, 4) is 0 Å². The number of methoxy groups -OCH3 is 1. The highest BCUT2D eigenvalue weighted by molar-refractivity contribution is 9.10. The highest BCUT2D eigenvalue weighted by Crippen LogP contribution is 2.37. The minimum atomic E-state index is -0.983. The first-order chi connectivity index (χ1) is 22.1. The summed E-state index contributed by atoms with van der Waals surface area (Å²) in [6, 6.07) is 10.6. The number of aliphatic carboxylic acids is 1. The average Bonchev–Trinajstić information content (AvgIpc) is 3.69. The number of rotatable bonds is 8. The van der Waals surface area contributed by atoms with Crippen molar-refractivity contribution in [2.45, 2.75) is 19.0 Å². The lowest BCUT2D eigenvalue weighted by atomic mass is 9.95. The van der Waals surface area contributed by atoms with E-state index in [2.05, 4.69) is 31.1 Å². The summed E-state index contributed by atoms with van der Waals surface area (Å²) >= 11 is 4.86. The van der Waals surface area contributed by atoms with Gasteiger partial charge in [0.15, 0.2) is 10.8 Å². The van der Waals surface area contributed by atoms with Crippen LogP contribution in [-0.2, 0) is 14.3 Å². The van der Waals surface area contributed by atoms with Gasteiger partial charge in [-0.15, -0.1) is 11.3 Å². The quantitative estimate of drug-likeness (QED) is 0.255. The van der Waals surface area contributed by atoms with Crippen molar-refractivity contribution in [2.75, 3.05) is 44.7 Å². The number of benzene rings is 2. The zero-order valence-electron chi connectivity index (χ0n) is 24.9. The molecule has 2 N–H and O–H groups in total. The molecule has 0 radical (unpaired) electrons. The number of nitrogens with one attached hydrogen (secondary N) is 1. The number of carbonyl (C=O) groups is 3. The molecule has 0 unspecified atom stereocenters. The Morgan fingerprint density at radius 3 is 2.65 bits per heavy atom. The summed E-state index contributed by atoms with van der Waals surface area (Å²) in [6.07, 6.45) is 3.26. The summed E-state index contributed by atoms with van der Waals surface area (Å²) in [5, 5.41) is 15.0. The van der Waals surface area contributed by atoms with Gasteiger partial charge in [0.1, 0.15) is 11.9 Å². The lowest BCUT2D eigenvalue weighted by molar-refractivity contribution is -0.136. The van der Waals surface area contributed by atoms with Crippen LogP contribution in [0, 0.1) is 5.82 Å². The number of carbonyl (C=O) groups excluding carboxylic acids is 2. The Labute approximate surface area is 276 Å². The molecule has 238 valence electrons. The second-order valence-corrected chi connectivity index (χ2v) is 12.8. The van der Waals surface area contributed by atoms with Gasteiger partial charge < -0.3 is 20.1 Å². The van der Waals surface area contributed by atoms with Gasteiger partial charge in [-0.3, -0.25) is 14.8 Å². The second kappa shape index (κ2) is 13.1. The summed E-state index contributed by atoms with van der Waals surface area (Å²) in [5.41, 5.74) is 3.22. The lowest BCUT2D eigenvalue weighted by Gasteiger charge is -2.38. The predicted octanol–water partition coefficient (Wildman–Crippen LogP) is 4.68. The molecule has 0 saturated carbocycles. The molecule has 2 saturated heterocycles. The van der Waals surface area contributed by atoms with E-state index in [0.717, 1.165) is 11.3 Å². The molecule has 46 heavy (non-hydrogen) atoms. The van der Waals surface area contributed by atoms with Crippen LogP contribution < -0.4 is 10.2 Å². The van der Waals surface area contributed by atoms with Gasteiger partial charge in [-0.1, -0.05) is 34.1 Å². The number of fused-ring (bicyclic) bond motifs is 1. The number of aromatic nitrogens is 1. The molecule has 0 aliphatic carbocycles. The number of aliphatic imine (C=N–C) groups is 1. The average molecular weight is 710 g/mol. The number of hydrogen-bond acceptors (Lipinski definition) is 9. The first-order valence-electron chi connectivity index (χ1n) is 14.5. The maximum atomic E-state index is 14.0. The van der Waals surface area contributed by atoms with Crippen LogP contribution >= 0.6 is 27.3 Å². The van der Waals surface area contributed by atoms with E-state index < -0.39 is 23.8 Å². The topological polar surface area (TPSA) is 128 Å². The van der Waals surface area contributed by atoms with Crippen LogP contribution in [0.4, 0.5) is 14.9 Å². The van der Waals surface area contributed by atoms with Crippen molar-refractivity contribution in [1.82, 2.24) is 20.1 Å². The van der Waals surface area contributed by atoms with Gasteiger partial charge in [0, 0.05) is 65.7 Å². The standard InChI is InChI=1S/C32H30BrFN6O5S/c1-18(30(41)42)13-19-3-6-21(7-4-19)40-16-22-15-38(10-11-39(22)32(40)44)17-25-26(31(43)45-2)27(23-8-5-20(34)14-24(23)33)37-28(36-25)29-35-9-12-46-29/h3-9,12-14,22,27H,10-11,15-17H2,1-2H3,(H,36,37)(H,41,42)/b18-13+/t22-,27-/m0/s1. The maximum absolute atomic E-state index is 14.0. The Balaban J connectivity index is 1.25. The van der Waals surface area contributed by atoms with Crippen molar-refractivity contribution in [3.05, 3.63) is 97.3 Å². The number of hydrogen-bond donors (Lipinski definition) is 2. The first-order valence-corrected chi connectivity index (χ1v) is 16.1. The van der Waals surface area contributed by atoms with Crippen LogP contribution in [0.5, 0.6) is 0 Å². The fraction of sp³-hybridized carbons (Fsp3) is 0.281. The van der Waals surface area contributed by atoms with Gasteiger partial charge >= 0.3 is 18.0 Å². The van der Waals surface area contributed by atoms with Crippen LogP contribution in [0.25, 0.3) is 6.08 Å². The minimum absolute atomic E-state index is 0.0840. The van der Waals surface area contributed by atoms with Gasteiger partial charge in [0.2, 0.25) is 0 Å². The normalized spacial score (nSPS) is 20.4. The minimum Gasteiger partial charge on any atom is -0.478 e. The van der Waals surface area contributed by atoms with E-state index >= 15 is 0 Å². The molecule has 3 aromatic rings. The Morgan fingerprint density at radius 2 is 1.98 bits per heavy atom. The number of halogens is 2. The molecule has 6 rings (SSSR count). The summed E-state index contributed by atoms with van der Waals surface area (Å²) in [7, 11) is 1.32. The number of ether oxygens (including phenoxy) is 1. The third-order valence-corrected chi connectivity index (χ3v) is 9.63. The van der Waals surface area contributed by atoms with Crippen molar-refractivity contribution in [3.63, 3.8) is 0 Å². The molecule has 0 spiro atoms. The Bertz CT molecular complexity index is 1780. The smallest absolute Gasteiger partial charge is 0.338 e. The second-order valence-electron chi connectivity index (χ2n) is 11.1. The van der Waals surface area contributed by atoms with E-state index in [0.29, 0.717) is 64.9 Å². The fourth-order valence-corrected chi connectivity index (χ4v) is 7.04. The van der Waals surface area contributed by atoms with E-state index in [9.17, 15) is 18.8 Å². The molecular weight excluding hydrogens is 679 g/mol. The third kappa shape index (κ3) is 6.32. The molecular formula is C32H30BrFN6O5S. The number of carboxylic acids is 1. The molecule has 2 atom stereocenters. The van der Waals surface area contributed by atoms with E-state index in [1.54, 1.807) is 35.4 Å². The van der Waals surface area contributed by atoms with Crippen molar-refractivity contribution in [1.29, 1.82) is 0 Å². The summed E-state index contributed by atoms with van der Waals surface area (Å²) in [4.78, 5) is 52.9. The zero-order chi connectivity index (χ0) is 32.5. The molecule has 11 nitrogen and oxygen atoms in total. The molecule has 4 heterocycles. The van der Waals surface area contributed by atoms with Gasteiger partial charge in [0.25, 0.3) is 0 Å².